The Bertz CT molecular complexity index is 384. The van der Waals surface area contributed by atoms with Crippen molar-refractivity contribution >= 4 is 11.6 Å². The standard InChI is InChI=1S/C14H17ClO/c15-12-4-2-11(3-5-12)14(10-16)8-13(9-14)6-1-7-13/h2-5,16H,1,6-10H2. The first kappa shape index (κ1) is 10.6. The first-order valence-corrected chi connectivity index (χ1v) is 6.43. The number of aliphatic hydroxyl groups excluding tert-OH is 1. The lowest BCUT2D eigenvalue weighted by Crippen LogP contribution is -2.55. The van der Waals surface area contributed by atoms with Gasteiger partial charge < -0.3 is 5.11 Å². The Kier molecular flexibility index (Phi) is 2.31. The van der Waals surface area contributed by atoms with Crippen LogP contribution in [0, 0.1) is 5.41 Å². The molecule has 0 radical (unpaired) electrons. The van der Waals surface area contributed by atoms with E-state index in [-0.39, 0.29) is 12.0 Å². The normalized spacial score (nSPS) is 24.9. The number of benzene rings is 1. The molecule has 0 amide bonds. The smallest absolute Gasteiger partial charge is 0.0528 e. The van der Waals surface area contributed by atoms with Gasteiger partial charge in [0.1, 0.15) is 0 Å². The Balaban J connectivity index is 1.84. The number of hydrogen-bond donors (Lipinski definition) is 1. The van der Waals surface area contributed by atoms with Crippen molar-refractivity contribution in [3.63, 3.8) is 0 Å². The van der Waals surface area contributed by atoms with Crippen LogP contribution in [-0.4, -0.2) is 11.7 Å². The Morgan fingerprint density at radius 3 is 2.19 bits per heavy atom. The molecule has 0 heterocycles. The van der Waals surface area contributed by atoms with Gasteiger partial charge in [0.15, 0.2) is 0 Å². The lowest BCUT2D eigenvalue weighted by Gasteiger charge is -2.61. The summed E-state index contributed by atoms with van der Waals surface area (Å²) in [6.07, 6.45) is 6.43. The van der Waals surface area contributed by atoms with Gasteiger partial charge in [-0.25, -0.2) is 0 Å². The molecule has 86 valence electrons. The molecular formula is C14H17ClO. The molecule has 1 nitrogen and oxygen atoms in total. The predicted molar refractivity (Wildman–Crippen MR) is 65.7 cm³/mol. The predicted octanol–water partition coefficient (Wildman–Crippen LogP) is 3.53. The molecule has 2 fully saturated rings. The maximum absolute atomic E-state index is 9.68. The van der Waals surface area contributed by atoms with Gasteiger partial charge in [-0.05, 0) is 48.8 Å². The largest absolute Gasteiger partial charge is 0.395 e. The van der Waals surface area contributed by atoms with Crippen molar-refractivity contribution in [1.29, 1.82) is 0 Å². The van der Waals surface area contributed by atoms with Gasteiger partial charge in [-0.3, -0.25) is 0 Å². The molecule has 0 unspecified atom stereocenters. The van der Waals surface area contributed by atoms with Crippen LogP contribution in [0.25, 0.3) is 0 Å². The highest BCUT2D eigenvalue weighted by Gasteiger charge is 2.57. The molecular weight excluding hydrogens is 220 g/mol. The van der Waals surface area contributed by atoms with E-state index in [0.29, 0.717) is 5.41 Å². The third-order valence-electron chi connectivity index (χ3n) is 4.60. The maximum Gasteiger partial charge on any atom is 0.0528 e. The Morgan fingerprint density at radius 2 is 1.75 bits per heavy atom. The number of hydrogen-bond acceptors (Lipinski definition) is 1. The Morgan fingerprint density at radius 1 is 1.12 bits per heavy atom. The maximum atomic E-state index is 9.68. The van der Waals surface area contributed by atoms with Gasteiger partial charge in [0, 0.05) is 10.4 Å². The average molecular weight is 237 g/mol. The molecule has 0 atom stereocenters. The lowest BCUT2D eigenvalue weighted by molar-refractivity contribution is -0.0719. The van der Waals surface area contributed by atoms with Gasteiger partial charge in [-0.15, -0.1) is 0 Å². The van der Waals surface area contributed by atoms with E-state index in [1.165, 1.54) is 24.8 Å². The van der Waals surface area contributed by atoms with Crippen molar-refractivity contribution in [2.75, 3.05) is 6.61 Å². The summed E-state index contributed by atoms with van der Waals surface area (Å²) in [7, 11) is 0. The van der Waals surface area contributed by atoms with Crippen molar-refractivity contribution in [2.45, 2.75) is 37.5 Å². The lowest BCUT2D eigenvalue weighted by atomic mass is 9.44. The summed E-state index contributed by atoms with van der Waals surface area (Å²) in [5, 5.41) is 10.5. The highest BCUT2D eigenvalue weighted by Crippen LogP contribution is 2.64. The second-order valence-electron chi connectivity index (χ2n) is 5.65. The van der Waals surface area contributed by atoms with Crippen molar-refractivity contribution in [3.05, 3.63) is 34.9 Å². The van der Waals surface area contributed by atoms with Crippen molar-refractivity contribution < 1.29 is 5.11 Å². The molecule has 0 saturated heterocycles. The number of halogens is 1. The Hall–Kier alpha value is -0.530. The monoisotopic (exact) mass is 236 g/mol. The summed E-state index contributed by atoms with van der Waals surface area (Å²) < 4.78 is 0. The van der Waals surface area contributed by atoms with Gasteiger partial charge in [-0.2, -0.15) is 0 Å². The highest BCUT2D eigenvalue weighted by molar-refractivity contribution is 6.30. The topological polar surface area (TPSA) is 20.2 Å². The summed E-state index contributed by atoms with van der Waals surface area (Å²) in [5.41, 5.74) is 1.88. The first-order valence-electron chi connectivity index (χ1n) is 6.05. The minimum atomic E-state index is 0.0327. The van der Waals surface area contributed by atoms with Gasteiger partial charge in [0.05, 0.1) is 6.61 Å². The highest BCUT2D eigenvalue weighted by atomic mass is 35.5. The minimum absolute atomic E-state index is 0.0327. The van der Waals surface area contributed by atoms with Crippen molar-refractivity contribution in [2.24, 2.45) is 5.41 Å². The third-order valence-corrected chi connectivity index (χ3v) is 4.85. The van der Waals surface area contributed by atoms with Crippen LogP contribution in [0.3, 0.4) is 0 Å². The van der Waals surface area contributed by atoms with Gasteiger partial charge >= 0.3 is 0 Å². The fourth-order valence-corrected chi connectivity index (χ4v) is 3.75. The molecule has 0 aromatic heterocycles. The summed E-state index contributed by atoms with van der Waals surface area (Å²) in [4.78, 5) is 0. The molecule has 2 aliphatic carbocycles. The van der Waals surface area contributed by atoms with Gasteiger partial charge in [0.2, 0.25) is 0 Å². The number of aliphatic hydroxyl groups is 1. The molecule has 1 aromatic carbocycles. The molecule has 1 spiro atoms. The van der Waals surface area contributed by atoms with E-state index < -0.39 is 0 Å². The number of rotatable bonds is 2. The Labute approximate surface area is 101 Å². The van der Waals surface area contributed by atoms with Crippen LogP contribution >= 0.6 is 11.6 Å². The third kappa shape index (κ3) is 1.42. The SMILES string of the molecule is OCC1(c2ccc(Cl)cc2)CC2(CCC2)C1. The first-order chi connectivity index (χ1) is 7.68. The van der Waals surface area contributed by atoms with Crippen LogP contribution in [0.1, 0.15) is 37.7 Å². The molecule has 0 bridgehead atoms. The van der Waals surface area contributed by atoms with Crippen LogP contribution in [0.5, 0.6) is 0 Å². The molecule has 16 heavy (non-hydrogen) atoms. The zero-order valence-corrected chi connectivity index (χ0v) is 10.1. The quantitative estimate of drug-likeness (QED) is 0.833. The van der Waals surface area contributed by atoms with E-state index >= 15 is 0 Å². The van der Waals surface area contributed by atoms with Crippen LogP contribution in [0.2, 0.25) is 5.02 Å². The van der Waals surface area contributed by atoms with Crippen LogP contribution in [0.4, 0.5) is 0 Å². The van der Waals surface area contributed by atoms with Crippen molar-refractivity contribution in [1.82, 2.24) is 0 Å². The van der Waals surface area contributed by atoms with E-state index in [1.807, 2.05) is 12.1 Å². The van der Waals surface area contributed by atoms with Crippen LogP contribution in [0.15, 0.2) is 24.3 Å². The summed E-state index contributed by atoms with van der Waals surface area (Å²) >= 11 is 5.90. The molecule has 0 aliphatic heterocycles. The average Bonchev–Trinajstić information content (AvgIpc) is 2.17. The fraction of sp³-hybridized carbons (Fsp3) is 0.571. The fourth-order valence-electron chi connectivity index (χ4n) is 3.62. The van der Waals surface area contributed by atoms with E-state index in [9.17, 15) is 5.11 Å². The van der Waals surface area contributed by atoms with Crippen LogP contribution in [-0.2, 0) is 5.41 Å². The second-order valence-corrected chi connectivity index (χ2v) is 6.09. The van der Waals surface area contributed by atoms with Crippen molar-refractivity contribution in [3.8, 4) is 0 Å². The van der Waals surface area contributed by atoms with Crippen LogP contribution < -0.4 is 0 Å². The zero-order valence-electron chi connectivity index (χ0n) is 9.38. The molecule has 2 aliphatic rings. The molecule has 2 heteroatoms. The zero-order chi connectivity index (χ0) is 11.2. The minimum Gasteiger partial charge on any atom is -0.395 e. The van der Waals surface area contributed by atoms with E-state index in [1.54, 1.807) is 0 Å². The summed E-state index contributed by atoms with van der Waals surface area (Å²) in [6, 6.07) is 8.01. The second kappa shape index (κ2) is 3.48. The molecule has 1 N–H and O–H groups in total. The van der Waals surface area contributed by atoms with Gasteiger partial charge in [-0.1, -0.05) is 30.2 Å². The summed E-state index contributed by atoms with van der Waals surface area (Å²) in [6.45, 7) is 0.274. The molecule has 2 saturated carbocycles. The van der Waals surface area contributed by atoms with E-state index in [0.717, 1.165) is 17.9 Å². The van der Waals surface area contributed by atoms with Gasteiger partial charge in [0.25, 0.3) is 0 Å². The van der Waals surface area contributed by atoms with E-state index in [2.05, 4.69) is 12.1 Å². The summed E-state index contributed by atoms with van der Waals surface area (Å²) in [5.74, 6) is 0. The van der Waals surface area contributed by atoms with E-state index in [4.69, 9.17) is 11.6 Å². The molecule has 3 rings (SSSR count). The molecule has 1 aromatic rings.